The molecule has 3 fully saturated rings. The largest absolute Gasteiger partial charge is 0.376 e. The van der Waals surface area contributed by atoms with Crippen LogP contribution < -0.4 is 11.1 Å². The topological polar surface area (TPSA) is 73.6 Å². The number of halogens is 1. The Morgan fingerprint density at radius 1 is 1.19 bits per heavy atom. The van der Waals surface area contributed by atoms with E-state index < -0.39 is 0 Å². The molecule has 122 valence electrons. The van der Waals surface area contributed by atoms with Crippen LogP contribution in [0.1, 0.15) is 32.1 Å². The van der Waals surface area contributed by atoms with Crippen LogP contribution in [0, 0.1) is 17.8 Å². The van der Waals surface area contributed by atoms with E-state index in [1.54, 1.807) is 0 Å². The minimum atomic E-state index is 0. The summed E-state index contributed by atoms with van der Waals surface area (Å²) >= 11 is 0. The Balaban J connectivity index is 0.00000161. The van der Waals surface area contributed by atoms with Gasteiger partial charge in [-0.2, -0.15) is 0 Å². The monoisotopic (exact) mass is 318 g/mol. The van der Waals surface area contributed by atoms with E-state index >= 15 is 0 Å². The third-order valence-electron chi connectivity index (χ3n) is 5.17. The Morgan fingerprint density at radius 2 is 1.90 bits per heavy atom. The van der Waals surface area contributed by atoms with Gasteiger partial charge in [-0.25, -0.2) is 0 Å². The molecule has 0 aromatic heterocycles. The molecule has 0 radical (unpaired) electrons. The van der Waals surface area contributed by atoms with Gasteiger partial charge in [0.1, 0.15) is 0 Å². The highest BCUT2D eigenvalue weighted by atomic mass is 35.5. The van der Waals surface area contributed by atoms with Crippen molar-refractivity contribution in [1.29, 1.82) is 0 Å². The van der Waals surface area contributed by atoms with Gasteiger partial charge < -0.3 is 20.5 Å². The Bertz CT molecular complexity index is 336. The molecule has 0 spiro atoms. The molecule has 0 aromatic carbocycles. The van der Waals surface area contributed by atoms with Gasteiger partial charge in [0, 0.05) is 18.5 Å². The van der Waals surface area contributed by atoms with Gasteiger partial charge >= 0.3 is 0 Å². The lowest BCUT2D eigenvalue weighted by Crippen LogP contribution is -2.50. The number of carbonyl (C=O) groups excluding carboxylic acids is 1. The van der Waals surface area contributed by atoms with E-state index in [2.05, 4.69) is 5.32 Å². The van der Waals surface area contributed by atoms with E-state index in [-0.39, 0.29) is 30.3 Å². The van der Waals surface area contributed by atoms with Gasteiger partial charge in [-0.1, -0.05) is 6.42 Å². The average molecular weight is 319 g/mol. The zero-order valence-corrected chi connectivity index (χ0v) is 13.3. The highest BCUT2D eigenvalue weighted by Gasteiger charge is 2.40. The van der Waals surface area contributed by atoms with E-state index in [1.807, 2.05) is 0 Å². The highest BCUT2D eigenvalue weighted by molar-refractivity contribution is 5.85. The first-order valence-electron chi connectivity index (χ1n) is 7.96. The zero-order chi connectivity index (χ0) is 13.9. The summed E-state index contributed by atoms with van der Waals surface area (Å²) in [6, 6.07) is 0.322. The van der Waals surface area contributed by atoms with Crippen molar-refractivity contribution in [1.82, 2.24) is 5.32 Å². The first-order chi connectivity index (χ1) is 9.74. The van der Waals surface area contributed by atoms with Crippen LogP contribution in [0.5, 0.6) is 0 Å². The van der Waals surface area contributed by atoms with Gasteiger partial charge in [0.2, 0.25) is 5.91 Å². The predicted molar refractivity (Wildman–Crippen MR) is 82.3 cm³/mol. The summed E-state index contributed by atoms with van der Waals surface area (Å²) in [7, 11) is 0. The first-order valence-corrected chi connectivity index (χ1v) is 7.96. The Labute approximate surface area is 132 Å². The van der Waals surface area contributed by atoms with Gasteiger partial charge in [0.05, 0.1) is 25.9 Å². The molecule has 3 atom stereocenters. The summed E-state index contributed by atoms with van der Waals surface area (Å²) in [5.41, 5.74) is 6.27. The van der Waals surface area contributed by atoms with Crippen molar-refractivity contribution in [2.75, 3.05) is 26.4 Å². The van der Waals surface area contributed by atoms with Crippen LogP contribution in [0.25, 0.3) is 0 Å². The molecule has 2 aliphatic carbocycles. The standard InChI is InChI=1S/C15H26N2O3.ClH/c16-14-10-2-1-3-11(14)7-12(6-10)15(18)17-8-13-9-19-4-5-20-13;/h10-14H,1-9,16H2,(H,17,18);1H. The molecular formula is C15H27ClN2O3. The first kappa shape index (κ1) is 17.0. The number of hydrogen-bond donors (Lipinski definition) is 2. The van der Waals surface area contributed by atoms with Gasteiger partial charge in [-0.05, 0) is 37.5 Å². The second-order valence-corrected chi connectivity index (χ2v) is 6.51. The fraction of sp³-hybridized carbons (Fsp3) is 0.933. The van der Waals surface area contributed by atoms with E-state index in [0.717, 1.165) is 12.8 Å². The molecule has 1 saturated heterocycles. The van der Waals surface area contributed by atoms with Crippen molar-refractivity contribution in [3.05, 3.63) is 0 Å². The van der Waals surface area contributed by atoms with Gasteiger partial charge in [0.25, 0.3) is 0 Å². The van der Waals surface area contributed by atoms with Crippen LogP contribution >= 0.6 is 12.4 Å². The fourth-order valence-electron chi connectivity index (χ4n) is 4.02. The van der Waals surface area contributed by atoms with Crippen LogP contribution in [-0.2, 0) is 14.3 Å². The fourth-order valence-corrected chi connectivity index (χ4v) is 4.02. The van der Waals surface area contributed by atoms with Gasteiger partial charge in [-0.15, -0.1) is 12.4 Å². The molecule has 2 bridgehead atoms. The number of rotatable bonds is 3. The lowest BCUT2D eigenvalue weighted by atomic mass is 9.65. The quantitative estimate of drug-likeness (QED) is 0.817. The van der Waals surface area contributed by atoms with Crippen molar-refractivity contribution in [3.63, 3.8) is 0 Å². The average Bonchev–Trinajstić information content (AvgIpc) is 2.45. The maximum Gasteiger partial charge on any atom is 0.223 e. The molecule has 1 heterocycles. The summed E-state index contributed by atoms with van der Waals surface area (Å²) in [6.07, 6.45) is 5.61. The Morgan fingerprint density at radius 3 is 2.52 bits per heavy atom. The Kier molecular flexibility index (Phi) is 6.29. The summed E-state index contributed by atoms with van der Waals surface area (Å²) in [5, 5.41) is 3.04. The van der Waals surface area contributed by atoms with Crippen molar-refractivity contribution in [3.8, 4) is 0 Å². The van der Waals surface area contributed by atoms with Crippen LogP contribution in [0.4, 0.5) is 0 Å². The smallest absolute Gasteiger partial charge is 0.223 e. The van der Waals surface area contributed by atoms with Gasteiger partial charge in [-0.3, -0.25) is 4.79 Å². The van der Waals surface area contributed by atoms with Gasteiger partial charge in [0.15, 0.2) is 0 Å². The molecule has 1 aliphatic heterocycles. The number of nitrogens with two attached hydrogens (primary N) is 1. The molecule has 6 heteroatoms. The second kappa shape index (κ2) is 7.77. The van der Waals surface area contributed by atoms with E-state index in [0.29, 0.717) is 44.2 Å². The minimum Gasteiger partial charge on any atom is -0.376 e. The predicted octanol–water partition coefficient (Wildman–Crippen LogP) is 1.09. The number of amides is 1. The molecular weight excluding hydrogens is 292 g/mol. The van der Waals surface area contributed by atoms with Crippen molar-refractivity contribution < 1.29 is 14.3 Å². The van der Waals surface area contributed by atoms with Crippen LogP contribution in [0.2, 0.25) is 0 Å². The summed E-state index contributed by atoms with van der Waals surface area (Å²) in [6.45, 7) is 2.44. The zero-order valence-electron chi connectivity index (χ0n) is 12.5. The van der Waals surface area contributed by atoms with Crippen LogP contribution in [0.15, 0.2) is 0 Å². The molecule has 3 N–H and O–H groups in total. The second-order valence-electron chi connectivity index (χ2n) is 6.51. The number of fused-ring (bicyclic) bond motifs is 2. The SMILES string of the molecule is Cl.NC1C2CCCC1CC(C(=O)NCC1COCCO1)C2. The van der Waals surface area contributed by atoms with Crippen molar-refractivity contribution >= 4 is 18.3 Å². The molecule has 5 nitrogen and oxygen atoms in total. The molecule has 3 unspecified atom stereocenters. The number of hydrogen-bond acceptors (Lipinski definition) is 4. The lowest BCUT2D eigenvalue weighted by molar-refractivity contribution is -0.130. The highest BCUT2D eigenvalue weighted by Crippen LogP contribution is 2.41. The van der Waals surface area contributed by atoms with Crippen molar-refractivity contribution in [2.24, 2.45) is 23.5 Å². The van der Waals surface area contributed by atoms with Crippen LogP contribution in [0.3, 0.4) is 0 Å². The third kappa shape index (κ3) is 4.09. The molecule has 0 aromatic rings. The number of ether oxygens (including phenoxy) is 2. The third-order valence-corrected chi connectivity index (χ3v) is 5.17. The minimum absolute atomic E-state index is 0. The van der Waals surface area contributed by atoms with E-state index in [4.69, 9.17) is 15.2 Å². The maximum absolute atomic E-state index is 12.3. The number of carbonyl (C=O) groups is 1. The summed E-state index contributed by atoms with van der Waals surface area (Å²) in [4.78, 5) is 12.3. The normalized spacial score (nSPS) is 39.2. The number of nitrogens with one attached hydrogen (secondary N) is 1. The van der Waals surface area contributed by atoms with E-state index in [9.17, 15) is 4.79 Å². The maximum atomic E-state index is 12.3. The molecule has 3 rings (SSSR count). The molecule has 1 amide bonds. The summed E-state index contributed by atoms with van der Waals surface area (Å²) in [5.74, 6) is 1.43. The molecule has 2 saturated carbocycles. The summed E-state index contributed by atoms with van der Waals surface area (Å²) < 4.78 is 10.9. The molecule has 3 aliphatic rings. The lowest BCUT2D eigenvalue weighted by Gasteiger charge is -2.43. The van der Waals surface area contributed by atoms with Crippen LogP contribution in [-0.4, -0.2) is 44.4 Å². The molecule has 21 heavy (non-hydrogen) atoms. The van der Waals surface area contributed by atoms with E-state index in [1.165, 1.54) is 19.3 Å². The Hall–Kier alpha value is -0.360. The van der Waals surface area contributed by atoms with Crippen molar-refractivity contribution in [2.45, 2.75) is 44.2 Å².